The van der Waals surface area contributed by atoms with E-state index >= 15 is 0 Å². The maximum absolute atomic E-state index is 14.0. The molecule has 0 atom stereocenters. The number of aromatic amines is 1. The van der Waals surface area contributed by atoms with Crippen LogP contribution in [0.1, 0.15) is 51.7 Å². The fraction of sp³-hybridized carbons (Fsp3) is 0.529. The summed E-state index contributed by atoms with van der Waals surface area (Å²) in [5, 5.41) is 19.1. The Morgan fingerprint density at radius 3 is 2.78 bits per heavy atom. The van der Waals surface area contributed by atoms with Gasteiger partial charge in [-0.05, 0) is 34.6 Å². The topological polar surface area (TPSA) is 116 Å². The van der Waals surface area contributed by atoms with E-state index in [1.165, 1.54) is 0 Å². The lowest BCUT2D eigenvalue weighted by Gasteiger charge is -2.33. The monoisotopic (exact) mass is 378 g/mol. The van der Waals surface area contributed by atoms with Crippen LogP contribution in [0.2, 0.25) is 0 Å². The Balaban J connectivity index is 1.88. The van der Waals surface area contributed by atoms with Gasteiger partial charge in [0.15, 0.2) is 23.3 Å². The highest BCUT2D eigenvalue weighted by Crippen LogP contribution is 2.41. The highest BCUT2D eigenvalue weighted by molar-refractivity contribution is 5.72. The van der Waals surface area contributed by atoms with Crippen LogP contribution in [0.5, 0.6) is 0 Å². The van der Waals surface area contributed by atoms with E-state index in [-0.39, 0.29) is 18.2 Å². The van der Waals surface area contributed by atoms with Crippen molar-refractivity contribution in [3.05, 3.63) is 29.1 Å². The van der Waals surface area contributed by atoms with Crippen LogP contribution in [-0.4, -0.2) is 41.9 Å². The number of hydrogen-bond donors (Lipinski definition) is 3. The Bertz CT molecular complexity index is 874. The van der Waals surface area contributed by atoms with E-state index in [4.69, 9.17) is 9.84 Å². The second-order valence-corrected chi connectivity index (χ2v) is 7.82. The molecule has 3 heterocycles. The molecule has 0 saturated heterocycles. The van der Waals surface area contributed by atoms with E-state index < -0.39 is 29.7 Å². The molecule has 1 aliphatic heterocycles. The van der Waals surface area contributed by atoms with Gasteiger partial charge in [0, 0.05) is 5.56 Å². The molecule has 0 unspecified atom stereocenters. The molecule has 0 spiro atoms. The molecule has 10 heteroatoms. The molecular formula is C17H23FN6O3. The quantitative estimate of drug-likeness (QED) is 0.751. The third kappa shape index (κ3) is 3.57. The van der Waals surface area contributed by atoms with Gasteiger partial charge in [-0.2, -0.15) is 5.10 Å². The molecular weight excluding hydrogens is 355 g/mol. The maximum Gasteiger partial charge on any atom is 0.411 e. The number of carbonyl (C=O) groups is 1. The number of aliphatic hydroxyl groups excluding tert-OH is 1. The van der Waals surface area contributed by atoms with E-state index in [9.17, 15) is 9.18 Å². The Morgan fingerprint density at radius 1 is 1.44 bits per heavy atom. The molecule has 1 amide bonds. The highest BCUT2D eigenvalue weighted by atomic mass is 19.1. The Morgan fingerprint density at radius 2 is 2.15 bits per heavy atom. The Hall–Kier alpha value is -2.75. The van der Waals surface area contributed by atoms with Crippen molar-refractivity contribution in [2.75, 3.05) is 5.32 Å². The molecule has 9 nitrogen and oxygen atoms in total. The third-order valence-corrected chi connectivity index (χ3v) is 4.26. The molecule has 0 aromatic carbocycles. The van der Waals surface area contributed by atoms with Crippen molar-refractivity contribution in [2.45, 2.75) is 58.9 Å². The molecule has 146 valence electrons. The molecule has 27 heavy (non-hydrogen) atoms. The van der Waals surface area contributed by atoms with E-state index in [1.54, 1.807) is 25.7 Å². The first-order chi connectivity index (χ1) is 12.5. The number of nitrogens with one attached hydrogen (secondary N) is 2. The molecule has 0 bridgehead atoms. The molecule has 0 saturated carbocycles. The molecule has 3 N–H and O–H groups in total. The summed E-state index contributed by atoms with van der Waals surface area (Å²) in [5.41, 5.74) is 0.153. The lowest BCUT2D eigenvalue weighted by Crippen LogP contribution is -2.43. The van der Waals surface area contributed by atoms with Crippen LogP contribution >= 0.6 is 0 Å². The van der Waals surface area contributed by atoms with Crippen molar-refractivity contribution in [3.8, 4) is 0 Å². The second-order valence-electron chi connectivity index (χ2n) is 7.82. The lowest BCUT2D eigenvalue weighted by atomic mass is 10.0. The first-order valence-electron chi connectivity index (χ1n) is 8.50. The second kappa shape index (κ2) is 6.45. The minimum Gasteiger partial charge on any atom is -0.444 e. The standard InChI is InChI=1S/C17H23FN6O3/c1-16(2,3)27-15(26)24-7-9-12(17(24,4)5)22-23-13(9)21-14-10(18)6-19-11(8-25)20-14/h6,25H,7-8H2,1-5H3,(H2,19,20,21,22,23). The smallest absolute Gasteiger partial charge is 0.411 e. The van der Waals surface area contributed by atoms with Crippen molar-refractivity contribution < 1.29 is 19.0 Å². The van der Waals surface area contributed by atoms with Gasteiger partial charge in [0.1, 0.15) is 12.2 Å². The fourth-order valence-electron chi connectivity index (χ4n) is 2.91. The van der Waals surface area contributed by atoms with Crippen molar-refractivity contribution in [2.24, 2.45) is 0 Å². The molecule has 1 aliphatic rings. The van der Waals surface area contributed by atoms with Crippen molar-refractivity contribution in [3.63, 3.8) is 0 Å². The number of rotatable bonds is 3. The number of anilines is 2. The number of fused-ring (bicyclic) bond motifs is 1. The summed E-state index contributed by atoms with van der Waals surface area (Å²) in [6.07, 6.45) is 0.531. The van der Waals surface area contributed by atoms with Gasteiger partial charge in [0.05, 0.1) is 24.0 Å². The van der Waals surface area contributed by atoms with Crippen LogP contribution in [0.25, 0.3) is 0 Å². The van der Waals surface area contributed by atoms with Gasteiger partial charge >= 0.3 is 6.09 Å². The largest absolute Gasteiger partial charge is 0.444 e. The number of ether oxygens (including phenoxy) is 1. The van der Waals surface area contributed by atoms with Gasteiger partial charge in [-0.25, -0.2) is 19.2 Å². The summed E-state index contributed by atoms with van der Waals surface area (Å²) < 4.78 is 19.5. The average molecular weight is 378 g/mol. The Labute approximate surface area is 156 Å². The summed E-state index contributed by atoms with van der Waals surface area (Å²) in [6, 6.07) is 0. The predicted molar refractivity (Wildman–Crippen MR) is 94.6 cm³/mol. The number of aliphatic hydroxyl groups is 1. The maximum atomic E-state index is 14.0. The fourth-order valence-corrected chi connectivity index (χ4v) is 2.91. The molecule has 2 aromatic rings. The lowest BCUT2D eigenvalue weighted by molar-refractivity contribution is 0.00451. The average Bonchev–Trinajstić information content (AvgIpc) is 3.07. The third-order valence-electron chi connectivity index (χ3n) is 4.26. The number of aromatic nitrogens is 4. The zero-order valence-electron chi connectivity index (χ0n) is 15.9. The molecule has 0 fully saturated rings. The van der Waals surface area contributed by atoms with E-state index in [0.29, 0.717) is 5.82 Å². The normalized spacial score (nSPS) is 15.6. The van der Waals surface area contributed by atoms with E-state index in [1.807, 2.05) is 13.8 Å². The number of nitrogens with zero attached hydrogens (tertiary/aromatic N) is 4. The SMILES string of the molecule is CC(C)(C)OC(=O)N1Cc2c(Nc3nc(CO)ncc3F)n[nH]c2C1(C)C. The zero-order chi connectivity index (χ0) is 20.0. The van der Waals surface area contributed by atoms with Gasteiger partial charge in [-0.15, -0.1) is 0 Å². The van der Waals surface area contributed by atoms with Crippen molar-refractivity contribution >= 4 is 17.7 Å². The van der Waals surface area contributed by atoms with Gasteiger partial charge in [0.2, 0.25) is 0 Å². The molecule has 2 aromatic heterocycles. The van der Waals surface area contributed by atoms with Crippen LogP contribution in [0.15, 0.2) is 6.20 Å². The molecule has 3 rings (SSSR count). The van der Waals surface area contributed by atoms with Gasteiger partial charge in [0.25, 0.3) is 0 Å². The summed E-state index contributed by atoms with van der Waals surface area (Å²) in [4.78, 5) is 21.8. The van der Waals surface area contributed by atoms with Gasteiger partial charge < -0.3 is 15.2 Å². The van der Waals surface area contributed by atoms with Crippen molar-refractivity contribution in [1.82, 2.24) is 25.1 Å². The molecule has 0 aliphatic carbocycles. The Kier molecular flexibility index (Phi) is 4.54. The minimum absolute atomic E-state index is 0.0850. The van der Waals surface area contributed by atoms with Crippen LogP contribution in [-0.2, 0) is 23.4 Å². The number of amides is 1. The van der Waals surface area contributed by atoms with Crippen LogP contribution < -0.4 is 5.32 Å². The predicted octanol–water partition coefficient (Wildman–Crippen LogP) is 2.56. The van der Waals surface area contributed by atoms with Crippen LogP contribution in [0, 0.1) is 5.82 Å². The number of H-pyrrole nitrogens is 1. The first kappa shape index (κ1) is 19.0. The van der Waals surface area contributed by atoms with Crippen molar-refractivity contribution in [1.29, 1.82) is 0 Å². The van der Waals surface area contributed by atoms with E-state index in [0.717, 1.165) is 17.5 Å². The summed E-state index contributed by atoms with van der Waals surface area (Å²) in [5.74, 6) is -0.338. The number of halogens is 1. The van der Waals surface area contributed by atoms with E-state index in [2.05, 4.69) is 25.5 Å². The first-order valence-corrected chi connectivity index (χ1v) is 8.50. The number of hydrogen-bond acceptors (Lipinski definition) is 7. The van der Waals surface area contributed by atoms with Crippen LogP contribution in [0.4, 0.5) is 20.8 Å². The zero-order valence-corrected chi connectivity index (χ0v) is 15.9. The summed E-state index contributed by atoms with van der Waals surface area (Å²) in [6.45, 7) is 9.00. The van der Waals surface area contributed by atoms with Crippen LogP contribution in [0.3, 0.4) is 0 Å². The van der Waals surface area contributed by atoms with Gasteiger partial charge in [-0.3, -0.25) is 10.00 Å². The number of carbonyl (C=O) groups excluding carboxylic acids is 1. The summed E-state index contributed by atoms with van der Waals surface area (Å²) >= 11 is 0. The summed E-state index contributed by atoms with van der Waals surface area (Å²) in [7, 11) is 0. The van der Waals surface area contributed by atoms with Gasteiger partial charge in [-0.1, -0.05) is 0 Å². The molecule has 0 radical (unpaired) electrons. The minimum atomic E-state index is -0.676. The highest BCUT2D eigenvalue weighted by Gasteiger charge is 2.45.